The maximum absolute atomic E-state index is 14.7. The zero-order valence-electron chi connectivity index (χ0n) is 17.9. The summed E-state index contributed by atoms with van der Waals surface area (Å²) >= 11 is 0. The van der Waals surface area contributed by atoms with Gasteiger partial charge in [0.1, 0.15) is 29.9 Å². The van der Waals surface area contributed by atoms with E-state index in [4.69, 9.17) is 0 Å². The first-order valence-corrected chi connectivity index (χ1v) is 10.9. The molecule has 1 fully saturated rings. The smallest absolute Gasteiger partial charge is 0.137 e. The molecule has 5 nitrogen and oxygen atoms in total. The van der Waals surface area contributed by atoms with Crippen molar-refractivity contribution in [3.8, 4) is 0 Å². The first kappa shape index (κ1) is 22.6. The highest BCUT2D eigenvalue weighted by atomic mass is 19.1. The molecule has 0 aliphatic carbocycles. The maximum atomic E-state index is 14.7. The number of likely N-dealkylation sites (tertiary alicyclic amines) is 1. The largest absolute Gasteiger partial charge is 0.381 e. The molecule has 1 aromatic carbocycles. The van der Waals surface area contributed by atoms with Crippen LogP contribution in [0.15, 0.2) is 42.5 Å². The van der Waals surface area contributed by atoms with E-state index in [0.29, 0.717) is 0 Å². The number of aliphatic hydroxyl groups is 1. The van der Waals surface area contributed by atoms with Crippen molar-refractivity contribution in [1.82, 2.24) is 19.7 Å². The number of benzene rings is 1. The Balaban J connectivity index is 1.77. The highest BCUT2D eigenvalue weighted by Gasteiger charge is 2.42. The molecule has 2 unspecified atom stereocenters. The van der Waals surface area contributed by atoms with Crippen molar-refractivity contribution >= 4 is 0 Å². The molecule has 0 saturated carbocycles. The van der Waals surface area contributed by atoms with Gasteiger partial charge >= 0.3 is 0 Å². The van der Waals surface area contributed by atoms with Gasteiger partial charge < -0.3 is 5.11 Å². The maximum Gasteiger partial charge on any atom is 0.137 e. The number of rotatable bonds is 9. The van der Waals surface area contributed by atoms with Crippen LogP contribution in [0.4, 0.5) is 8.78 Å². The van der Waals surface area contributed by atoms with Gasteiger partial charge in [-0.2, -0.15) is 5.10 Å². The molecule has 2 aromatic rings. The molecule has 0 bridgehead atoms. The van der Waals surface area contributed by atoms with E-state index >= 15 is 0 Å². The second-order valence-corrected chi connectivity index (χ2v) is 8.21. The molecule has 2 atom stereocenters. The van der Waals surface area contributed by atoms with E-state index in [9.17, 15) is 13.9 Å². The Hall–Kier alpha value is -2.12. The minimum absolute atomic E-state index is 0.0347. The third kappa shape index (κ3) is 5.32. The van der Waals surface area contributed by atoms with Gasteiger partial charge in [0.25, 0.3) is 0 Å². The lowest BCUT2D eigenvalue weighted by molar-refractivity contribution is -0.0657. The zero-order valence-corrected chi connectivity index (χ0v) is 17.9. The van der Waals surface area contributed by atoms with Crippen molar-refractivity contribution in [2.45, 2.75) is 70.6 Å². The number of unbranched alkanes of at least 4 members (excludes halogenated alkanes) is 3. The number of hydrogen-bond acceptors (Lipinski definition) is 4. The summed E-state index contributed by atoms with van der Waals surface area (Å²) in [6, 6.07) is 2.96. The van der Waals surface area contributed by atoms with Crippen LogP contribution in [0.5, 0.6) is 0 Å². The predicted molar refractivity (Wildman–Crippen MR) is 113 cm³/mol. The van der Waals surface area contributed by atoms with Crippen molar-refractivity contribution < 1.29 is 13.9 Å². The van der Waals surface area contributed by atoms with Gasteiger partial charge in [0.05, 0.1) is 6.54 Å². The number of aromatic nitrogens is 3. The molecular weight excluding hydrogens is 386 g/mol. The highest BCUT2D eigenvalue weighted by molar-refractivity contribution is 5.27. The van der Waals surface area contributed by atoms with Crippen LogP contribution in [0.3, 0.4) is 0 Å². The van der Waals surface area contributed by atoms with Crippen molar-refractivity contribution in [1.29, 1.82) is 0 Å². The molecule has 3 rings (SSSR count). The molecule has 1 aromatic heterocycles. The Morgan fingerprint density at radius 3 is 2.63 bits per heavy atom. The number of allylic oxidation sites excluding steroid dienone is 1. The third-order valence-electron chi connectivity index (χ3n) is 6.19. The Bertz CT molecular complexity index is 830. The second kappa shape index (κ2) is 10.3. The third-order valence-corrected chi connectivity index (χ3v) is 6.19. The van der Waals surface area contributed by atoms with Crippen LogP contribution in [0.1, 0.15) is 57.9 Å². The van der Waals surface area contributed by atoms with Crippen LogP contribution in [0.2, 0.25) is 0 Å². The average Bonchev–Trinajstić information content (AvgIpc) is 3.24. The summed E-state index contributed by atoms with van der Waals surface area (Å²) in [7, 11) is 0. The second-order valence-electron chi connectivity index (χ2n) is 8.21. The summed E-state index contributed by atoms with van der Waals surface area (Å²) in [6.45, 7) is 5.73. The van der Waals surface area contributed by atoms with Gasteiger partial charge in [0.15, 0.2) is 0 Å². The molecule has 1 saturated heterocycles. The summed E-state index contributed by atoms with van der Waals surface area (Å²) in [5.74, 6) is -1.42. The van der Waals surface area contributed by atoms with Crippen LogP contribution in [-0.2, 0) is 12.1 Å². The Labute approximate surface area is 177 Å². The molecule has 0 radical (unpaired) electrons. The minimum Gasteiger partial charge on any atom is -0.381 e. The van der Waals surface area contributed by atoms with E-state index in [0.717, 1.165) is 38.4 Å². The van der Waals surface area contributed by atoms with Crippen LogP contribution in [0, 0.1) is 11.6 Å². The molecule has 0 amide bonds. The summed E-state index contributed by atoms with van der Waals surface area (Å²) in [4.78, 5) is 6.11. The van der Waals surface area contributed by atoms with Crippen molar-refractivity contribution in [3.63, 3.8) is 0 Å². The fraction of sp³-hybridized carbons (Fsp3) is 0.565. The monoisotopic (exact) mass is 418 g/mol. The van der Waals surface area contributed by atoms with Crippen molar-refractivity contribution in [2.75, 3.05) is 13.1 Å². The SMILES string of the molecule is CCCCCC=C1CCN(C(C)C(O)(Cn2cncn2)c2ccc(F)cc2F)CC1. The van der Waals surface area contributed by atoms with Crippen LogP contribution < -0.4 is 0 Å². The molecule has 164 valence electrons. The highest BCUT2D eigenvalue weighted by Crippen LogP contribution is 2.34. The molecule has 7 heteroatoms. The summed E-state index contributed by atoms with van der Waals surface area (Å²) in [6.07, 6.45) is 11.9. The average molecular weight is 419 g/mol. The summed E-state index contributed by atoms with van der Waals surface area (Å²) < 4.78 is 29.7. The minimum atomic E-state index is -1.58. The summed E-state index contributed by atoms with van der Waals surface area (Å²) in [5.41, 5.74) is -0.0384. The molecule has 30 heavy (non-hydrogen) atoms. The van der Waals surface area contributed by atoms with Crippen LogP contribution in [0.25, 0.3) is 0 Å². The van der Waals surface area contributed by atoms with Crippen molar-refractivity contribution in [3.05, 3.63) is 59.7 Å². The topological polar surface area (TPSA) is 54.2 Å². The fourth-order valence-electron chi connectivity index (χ4n) is 4.25. The van der Waals surface area contributed by atoms with E-state index in [2.05, 4.69) is 28.0 Å². The van der Waals surface area contributed by atoms with E-state index < -0.39 is 17.2 Å². The van der Waals surface area contributed by atoms with E-state index in [1.807, 2.05) is 6.92 Å². The van der Waals surface area contributed by atoms with E-state index in [1.165, 1.54) is 54.3 Å². The van der Waals surface area contributed by atoms with Gasteiger partial charge in [-0.3, -0.25) is 4.90 Å². The molecule has 1 aliphatic rings. The Morgan fingerprint density at radius 2 is 2.00 bits per heavy atom. The molecule has 1 N–H and O–H groups in total. The van der Waals surface area contributed by atoms with Gasteiger partial charge in [0.2, 0.25) is 0 Å². The quantitative estimate of drug-likeness (QED) is 0.483. The molecular formula is C23H32F2N4O. The molecule has 2 heterocycles. The number of nitrogens with zero attached hydrogens (tertiary/aromatic N) is 4. The van der Waals surface area contributed by atoms with Gasteiger partial charge in [0, 0.05) is 30.8 Å². The fourth-order valence-corrected chi connectivity index (χ4v) is 4.25. The van der Waals surface area contributed by atoms with Gasteiger partial charge in [-0.15, -0.1) is 0 Å². The number of piperidine rings is 1. The number of halogens is 2. The zero-order chi connectivity index (χ0) is 21.6. The van der Waals surface area contributed by atoms with E-state index in [-0.39, 0.29) is 18.2 Å². The van der Waals surface area contributed by atoms with Gasteiger partial charge in [-0.05, 0) is 38.7 Å². The van der Waals surface area contributed by atoms with Gasteiger partial charge in [-0.25, -0.2) is 18.4 Å². The summed E-state index contributed by atoms with van der Waals surface area (Å²) in [5, 5.41) is 15.8. The van der Waals surface area contributed by atoms with Crippen molar-refractivity contribution in [2.24, 2.45) is 0 Å². The van der Waals surface area contributed by atoms with Crippen LogP contribution >= 0.6 is 0 Å². The standard InChI is InChI=1S/C23H32F2N4O/c1-3-4-5-6-7-19-10-12-28(13-11-19)18(2)23(30,15-29-17-26-16-27-29)21-9-8-20(24)14-22(21)25/h7-9,14,16-18,30H,3-6,10-13,15H2,1-2H3. The first-order chi connectivity index (χ1) is 14.4. The first-order valence-electron chi connectivity index (χ1n) is 10.9. The van der Waals surface area contributed by atoms with E-state index in [1.54, 1.807) is 0 Å². The van der Waals surface area contributed by atoms with Gasteiger partial charge in [-0.1, -0.05) is 37.5 Å². The van der Waals surface area contributed by atoms with Crippen LogP contribution in [-0.4, -0.2) is 43.9 Å². The Kier molecular flexibility index (Phi) is 7.72. The lowest BCUT2D eigenvalue weighted by atomic mass is 9.84. The number of hydrogen-bond donors (Lipinski definition) is 1. The normalized spacial score (nSPS) is 18.2. The lowest BCUT2D eigenvalue weighted by Crippen LogP contribution is -2.53. The predicted octanol–water partition coefficient (Wildman–Crippen LogP) is 4.44. The Morgan fingerprint density at radius 1 is 1.23 bits per heavy atom. The molecule has 1 aliphatic heterocycles. The molecule has 0 spiro atoms. The lowest BCUT2D eigenvalue weighted by Gasteiger charge is -2.43.